The summed E-state index contributed by atoms with van der Waals surface area (Å²) in [7, 11) is 0. The number of hydrogen-bond donors (Lipinski definition) is 1. The van der Waals surface area contributed by atoms with Gasteiger partial charge >= 0.3 is 0 Å². The van der Waals surface area contributed by atoms with Crippen LogP contribution in [0.4, 0.5) is 5.69 Å². The van der Waals surface area contributed by atoms with Crippen LogP contribution < -0.4 is 10.9 Å². The highest BCUT2D eigenvalue weighted by Crippen LogP contribution is 2.33. The second kappa shape index (κ2) is 7.46. The first-order chi connectivity index (χ1) is 14.9. The zero-order chi connectivity index (χ0) is 21.7. The molecule has 0 saturated carbocycles. The van der Waals surface area contributed by atoms with E-state index in [4.69, 9.17) is 4.98 Å². The van der Waals surface area contributed by atoms with Crippen LogP contribution in [0.25, 0.3) is 28.2 Å². The molecular weight excluding hydrogens is 501 g/mol. The quantitative estimate of drug-likeness (QED) is 0.296. The molecule has 0 fully saturated rings. The van der Waals surface area contributed by atoms with E-state index in [1.807, 2.05) is 74.5 Å². The van der Waals surface area contributed by atoms with Gasteiger partial charge < -0.3 is 5.32 Å². The van der Waals surface area contributed by atoms with E-state index in [9.17, 15) is 9.59 Å². The number of benzene rings is 3. The molecule has 5 rings (SSSR count). The highest BCUT2D eigenvalue weighted by molar-refractivity contribution is 14.1. The van der Waals surface area contributed by atoms with Crippen LogP contribution in [-0.2, 0) is 4.79 Å². The number of hydrogen-bond acceptors (Lipinski definition) is 3. The number of carbonyl (C=O) groups is 1. The van der Waals surface area contributed by atoms with E-state index in [0.717, 1.165) is 25.9 Å². The molecule has 3 aromatic carbocycles. The van der Waals surface area contributed by atoms with Gasteiger partial charge in [0.05, 0.1) is 22.2 Å². The molecule has 0 spiro atoms. The van der Waals surface area contributed by atoms with Crippen molar-refractivity contribution in [1.82, 2.24) is 9.55 Å². The largest absolute Gasteiger partial charge is 0.321 e. The second-order valence-corrected chi connectivity index (χ2v) is 8.92. The molecular formula is C25H18IN3O2. The van der Waals surface area contributed by atoms with Gasteiger partial charge in [0.2, 0.25) is 0 Å². The Hall–Kier alpha value is -3.26. The average Bonchev–Trinajstić information content (AvgIpc) is 3.03. The number of nitrogens with one attached hydrogen (secondary N) is 1. The summed E-state index contributed by atoms with van der Waals surface area (Å²) in [6.45, 7) is 3.97. The minimum Gasteiger partial charge on any atom is -0.321 e. The van der Waals surface area contributed by atoms with Gasteiger partial charge in [0, 0.05) is 14.8 Å². The first-order valence-electron chi connectivity index (χ1n) is 9.84. The molecule has 0 bridgehead atoms. The number of amides is 1. The predicted octanol–water partition coefficient (Wildman–Crippen LogP) is 5.10. The molecule has 2 heterocycles. The first kappa shape index (κ1) is 19.7. The number of halogens is 1. The van der Waals surface area contributed by atoms with Crippen LogP contribution in [0.1, 0.15) is 22.5 Å². The molecule has 4 aromatic rings. The summed E-state index contributed by atoms with van der Waals surface area (Å²) in [5.74, 6) is 0.220. The number of carbonyl (C=O) groups excluding carboxylic acids is 1. The topological polar surface area (TPSA) is 64.0 Å². The van der Waals surface area contributed by atoms with E-state index in [1.54, 1.807) is 10.6 Å². The van der Waals surface area contributed by atoms with Crippen molar-refractivity contribution in [2.45, 2.75) is 13.8 Å². The van der Waals surface area contributed by atoms with Crippen molar-refractivity contribution in [1.29, 1.82) is 0 Å². The molecule has 1 aromatic heterocycles. The van der Waals surface area contributed by atoms with Gasteiger partial charge in [-0.25, -0.2) is 4.98 Å². The Labute approximate surface area is 192 Å². The monoisotopic (exact) mass is 519 g/mol. The third-order valence-electron chi connectivity index (χ3n) is 5.35. The van der Waals surface area contributed by atoms with Gasteiger partial charge in [0.15, 0.2) is 0 Å². The van der Waals surface area contributed by atoms with Crippen molar-refractivity contribution in [3.05, 3.63) is 97.1 Å². The van der Waals surface area contributed by atoms with E-state index in [-0.39, 0.29) is 11.5 Å². The van der Waals surface area contributed by atoms with Crippen molar-refractivity contribution >= 4 is 56.7 Å². The lowest BCUT2D eigenvalue weighted by Gasteiger charge is -2.13. The molecule has 6 heteroatoms. The van der Waals surface area contributed by atoms with Crippen LogP contribution in [0.15, 0.2) is 65.5 Å². The molecule has 0 atom stereocenters. The van der Waals surface area contributed by atoms with Crippen LogP contribution in [0.5, 0.6) is 0 Å². The fraction of sp³-hybridized carbons (Fsp3) is 0.0800. The van der Waals surface area contributed by atoms with Crippen LogP contribution in [0.3, 0.4) is 0 Å². The van der Waals surface area contributed by atoms with E-state index in [1.165, 1.54) is 0 Å². The number of fused-ring (bicyclic) bond motifs is 2. The Morgan fingerprint density at radius 2 is 1.77 bits per heavy atom. The second-order valence-electron chi connectivity index (χ2n) is 7.67. The van der Waals surface area contributed by atoms with Gasteiger partial charge in [0.1, 0.15) is 5.82 Å². The van der Waals surface area contributed by atoms with E-state index >= 15 is 0 Å². The van der Waals surface area contributed by atoms with Crippen molar-refractivity contribution in [3.8, 4) is 5.69 Å². The maximum Gasteiger partial charge on any atom is 0.266 e. The van der Waals surface area contributed by atoms with E-state index < -0.39 is 0 Å². The van der Waals surface area contributed by atoms with Crippen LogP contribution in [0.2, 0.25) is 0 Å². The standard InChI is InChI=1S/C25H18IN3O2/c1-14-4-3-5-17(10-14)29-23(27-22-9-7-16(26)12-20(22)25(29)31)13-19-18-11-15(2)6-8-21(18)28-24(19)30/h3-13H,1-2H3,(H,28,30)/b19-13+. The molecule has 1 aliphatic heterocycles. The maximum absolute atomic E-state index is 13.6. The highest BCUT2D eigenvalue weighted by atomic mass is 127. The van der Waals surface area contributed by atoms with E-state index in [0.29, 0.717) is 28.0 Å². The van der Waals surface area contributed by atoms with Gasteiger partial charge in [-0.2, -0.15) is 0 Å². The minimum absolute atomic E-state index is 0.163. The normalized spacial score (nSPS) is 14.2. The molecule has 0 saturated heterocycles. The summed E-state index contributed by atoms with van der Waals surface area (Å²) in [6, 6.07) is 19.1. The SMILES string of the molecule is Cc1cccc(-n2c(/C=C3/C(=O)Nc4ccc(C)cc43)nc3ccc(I)cc3c2=O)c1. The van der Waals surface area contributed by atoms with Gasteiger partial charge in [-0.05, 0) is 90.5 Å². The molecule has 1 N–H and O–H groups in total. The number of aromatic nitrogens is 2. The molecule has 1 aliphatic rings. The summed E-state index contributed by atoms with van der Waals surface area (Å²) >= 11 is 2.19. The lowest BCUT2D eigenvalue weighted by atomic mass is 10.0. The van der Waals surface area contributed by atoms with Crippen LogP contribution >= 0.6 is 22.6 Å². The third-order valence-corrected chi connectivity index (χ3v) is 6.02. The number of aryl methyl sites for hydroxylation is 2. The summed E-state index contributed by atoms with van der Waals surface area (Å²) < 4.78 is 2.55. The van der Waals surface area contributed by atoms with Crippen molar-refractivity contribution in [3.63, 3.8) is 0 Å². The molecule has 31 heavy (non-hydrogen) atoms. The molecule has 5 nitrogen and oxygen atoms in total. The summed E-state index contributed by atoms with van der Waals surface area (Å²) in [5, 5.41) is 3.44. The summed E-state index contributed by atoms with van der Waals surface area (Å²) in [5.41, 5.74) is 5.32. The first-order valence-corrected chi connectivity index (χ1v) is 10.9. The third kappa shape index (κ3) is 3.46. The van der Waals surface area contributed by atoms with Gasteiger partial charge in [0.25, 0.3) is 11.5 Å². The Kier molecular flexibility index (Phi) is 4.74. The summed E-state index contributed by atoms with van der Waals surface area (Å²) in [4.78, 5) is 31.1. The molecule has 0 unspecified atom stereocenters. The summed E-state index contributed by atoms with van der Waals surface area (Å²) in [6.07, 6.45) is 1.71. The van der Waals surface area contributed by atoms with Crippen molar-refractivity contribution in [2.24, 2.45) is 0 Å². The zero-order valence-electron chi connectivity index (χ0n) is 16.9. The molecule has 0 radical (unpaired) electrons. The molecule has 0 aliphatic carbocycles. The molecule has 1 amide bonds. The van der Waals surface area contributed by atoms with Gasteiger partial charge in [-0.1, -0.05) is 23.8 Å². The van der Waals surface area contributed by atoms with Crippen molar-refractivity contribution < 1.29 is 4.79 Å². The maximum atomic E-state index is 13.6. The average molecular weight is 519 g/mol. The van der Waals surface area contributed by atoms with Gasteiger partial charge in [-0.3, -0.25) is 14.2 Å². The fourth-order valence-electron chi connectivity index (χ4n) is 3.86. The van der Waals surface area contributed by atoms with Crippen molar-refractivity contribution in [2.75, 3.05) is 5.32 Å². The number of anilines is 1. The van der Waals surface area contributed by atoms with Gasteiger partial charge in [-0.15, -0.1) is 0 Å². The Balaban J connectivity index is 1.83. The number of nitrogens with zero attached hydrogens (tertiary/aromatic N) is 2. The lowest BCUT2D eigenvalue weighted by molar-refractivity contribution is -0.110. The van der Waals surface area contributed by atoms with Crippen LogP contribution in [-0.4, -0.2) is 15.5 Å². The Morgan fingerprint density at radius 3 is 2.58 bits per heavy atom. The zero-order valence-corrected chi connectivity index (χ0v) is 19.1. The Morgan fingerprint density at radius 1 is 0.968 bits per heavy atom. The number of rotatable bonds is 2. The van der Waals surface area contributed by atoms with Crippen LogP contribution in [0, 0.1) is 17.4 Å². The molecule has 152 valence electrons. The Bertz CT molecular complexity index is 1480. The fourth-order valence-corrected chi connectivity index (χ4v) is 4.35. The van der Waals surface area contributed by atoms with E-state index in [2.05, 4.69) is 27.9 Å². The smallest absolute Gasteiger partial charge is 0.266 e. The highest BCUT2D eigenvalue weighted by Gasteiger charge is 2.25. The predicted molar refractivity (Wildman–Crippen MR) is 132 cm³/mol. The minimum atomic E-state index is -0.201. The lowest BCUT2D eigenvalue weighted by Crippen LogP contribution is -2.23.